The number of nitrogens with one attached hydrogen (secondary N) is 2. The van der Waals surface area contributed by atoms with Crippen molar-refractivity contribution in [3.8, 4) is 6.07 Å². The molecule has 0 aliphatic rings. The summed E-state index contributed by atoms with van der Waals surface area (Å²) in [4.78, 5) is 27.6. The van der Waals surface area contributed by atoms with Gasteiger partial charge in [-0.3, -0.25) is 14.6 Å². The van der Waals surface area contributed by atoms with Crippen LogP contribution in [0.15, 0.2) is 53.9 Å². The summed E-state index contributed by atoms with van der Waals surface area (Å²) >= 11 is 0. The van der Waals surface area contributed by atoms with Gasteiger partial charge in [-0.2, -0.15) is 10.4 Å². The lowest BCUT2D eigenvalue weighted by atomic mass is 10.2. The maximum atomic E-state index is 11.9. The van der Waals surface area contributed by atoms with Crippen LogP contribution in [0.5, 0.6) is 0 Å². The van der Waals surface area contributed by atoms with Crippen LogP contribution in [0.25, 0.3) is 0 Å². The van der Waals surface area contributed by atoms with Crippen LogP contribution in [0.3, 0.4) is 0 Å². The Hall–Kier alpha value is -3.53. The number of nitrogens with zero attached hydrogens (tertiary/aromatic N) is 3. The molecule has 0 saturated carbocycles. The number of amides is 2. The second kappa shape index (κ2) is 8.19. The molecule has 0 aliphatic heterocycles. The lowest BCUT2D eigenvalue weighted by Gasteiger charge is -2.06. The maximum Gasteiger partial charge on any atom is 0.272 e. The standard InChI is InChI=1S/C17H15N5O2/c1-12(21-22-17(24)14-5-3-7-19-11-14)8-16(23)20-15-6-2-4-13(9-15)10-18/h2-7,9,11H,8H2,1H3,(H,20,23)(H,22,24). The fourth-order valence-corrected chi connectivity index (χ4v) is 1.85. The fraction of sp³-hybridized carbons (Fsp3) is 0.118. The Labute approximate surface area is 139 Å². The van der Waals surface area contributed by atoms with Crippen molar-refractivity contribution in [2.75, 3.05) is 5.32 Å². The first-order chi connectivity index (χ1) is 11.6. The summed E-state index contributed by atoms with van der Waals surface area (Å²) in [5, 5.41) is 15.4. The van der Waals surface area contributed by atoms with E-state index in [0.29, 0.717) is 22.5 Å². The van der Waals surface area contributed by atoms with Gasteiger partial charge >= 0.3 is 0 Å². The molecule has 120 valence electrons. The Morgan fingerprint density at radius 1 is 1.29 bits per heavy atom. The Morgan fingerprint density at radius 3 is 2.83 bits per heavy atom. The van der Waals surface area contributed by atoms with Gasteiger partial charge in [0.25, 0.3) is 5.91 Å². The number of benzene rings is 1. The number of hydrazone groups is 1. The van der Waals surface area contributed by atoms with Crippen molar-refractivity contribution in [2.24, 2.45) is 5.10 Å². The van der Waals surface area contributed by atoms with Gasteiger partial charge in [0.2, 0.25) is 5.91 Å². The van der Waals surface area contributed by atoms with Crippen molar-refractivity contribution in [1.82, 2.24) is 10.4 Å². The van der Waals surface area contributed by atoms with Gasteiger partial charge in [0, 0.05) is 23.8 Å². The predicted molar refractivity (Wildman–Crippen MR) is 89.2 cm³/mol. The molecule has 2 amide bonds. The third kappa shape index (κ3) is 5.03. The van der Waals surface area contributed by atoms with E-state index in [0.717, 1.165) is 0 Å². The average Bonchev–Trinajstić information content (AvgIpc) is 2.60. The summed E-state index contributed by atoms with van der Waals surface area (Å²) in [6.07, 6.45) is 3.01. The third-order valence-electron chi connectivity index (χ3n) is 2.96. The van der Waals surface area contributed by atoms with Crippen LogP contribution in [0.2, 0.25) is 0 Å². The first kappa shape index (κ1) is 16.8. The number of carbonyl (C=O) groups is 2. The largest absolute Gasteiger partial charge is 0.326 e. The molecule has 1 heterocycles. The second-order valence-electron chi connectivity index (χ2n) is 4.95. The molecule has 0 unspecified atom stereocenters. The van der Waals surface area contributed by atoms with Gasteiger partial charge in [-0.25, -0.2) is 5.43 Å². The van der Waals surface area contributed by atoms with Crippen molar-refractivity contribution in [1.29, 1.82) is 5.26 Å². The van der Waals surface area contributed by atoms with Gasteiger partial charge in [0.05, 0.1) is 23.6 Å². The van der Waals surface area contributed by atoms with Gasteiger partial charge in [-0.1, -0.05) is 6.07 Å². The van der Waals surface area contributed by atoms with Gasteiger partial charge in [0.1, 0.15) is 0 Å². The van der Waals surface area contributed by atoms with Crippen LogP contribution < -0.4 is 10.7 Å². The third-order valence-corrected chi connectivity index (χ3v) is 2.96. The van der Waals surface area contributed by atoms with Crippen LogP contribution in [-0.2, 0) is 4.79 Å². The van der Waals surface area contributed by atoms with E-state index in [1.54, 1.807) is 49.5 Å². The average molecular weight is 321 g/mol. The molecule has 0 atom stereocenters. The molecule has 2 N–H and O–H groups in total. The minimum Gasteiger partial charge on any atom is -0.326 e. The molecule has 7 nitrogen and oxygen atoms in total. The first-order valence-corrected chi connectivity index (χ1v) is 7.12. The minimum absolute atomic E-state index is 0.0180. The van der Waals surface area contributed by atoms with Crippen LogP contribution in [0.4, 0.5) is 5.69 Å². The van der Waals surface area contributed by atoms with Gasteiger partial charge in [0.15, 0.2) is 0 Å². The number of rotatable bonds is 5. The van der Waals surface area contributed by atoms with Crippen molar-refractivity contribution >= 4 is 23.2 Å². The summed E-state index contributed by atoms with van der Waals surface area (Å²) < 4.78 is 0. The highest BCUT2D eigenvalue weighted by Crippen LogP contribution is 2.10. The summed E-state index contributed by atoms with van der Waals surface area (Å²) in [6, 6.07) is 11.9. The molecule has 0 spiro atoms. The van der Waals surface area contributed by atoms with Crippen LogP contribution in [-0.4, -0.2) is 22.5 Å². The number of aromatic nitrogens is 1. The summed E-state index contributed by atoms with van der Waals surface area (Å²) in [7, 11) is 0. The molecule has 0 saturated heterocycles. The minimum atomic E-state index is -0.399. The highest BCUT2D eigenvalue weighted by Gasteiger charge is 2.07. The molecule has 2 rings (SSSR count). The van der Waals surface area contributed by atoms with E-state index in [1.165, 1.54) is 6.20 Å². The molecular weight excluding hydrogens is 306 g/mol. The number of hydrogen-bond donors (Lipinski definition) is 2. The van der Waals surface area contributed by atoms with Crippen molar-refractivity contribution in [3.63, 3.8) is 0 Å². The fourth-order valence-electron chi connectivity index (χ4n) is 1.85. The molecular formula is C17H15N5O2. The quantitative estimate of drug-likeness (QED) is 0.649. The van der Waals surface area contributed by atoms with Crippen LogP contribution in [0, 0.1) is 11.3 Å². The maximum absolute atomic E-state index is 11.9. The molecule has 1 aromatic heterocycles. The first-order valence-electron chi connectivity index (χ1n) is 7.12. The zero-order chi connectivity index (χ0) is 17.4. The molecule has 0 radical (unpaired) electrons. The topological polar surface area (TPSA) is 107 Å². The number of nitriles is 1. The van der Waals surface area contributed by atoms with Crippen LogP contribution in [0.1, 0.15) is 29.3 Å². The lowest BCUT2D eigenvalue weighted by molar-refractivity contribution is -0.115. The Balaban J connectivity index is 1.89. The van der Waals surface area contributed by atoms with Crippen LogP contribution >= 0.6 is 0 Å². The normalized spacial score (nSPS) is 10.6. The smallest absolute Gasteiger partial charge is 0.272 e. The lowest BCUT2D eigenvalue weighted by Crippen LogP contribution is -2.21. The van der Waals surface area contributed by atoms with E-state index in [4.69, 9.17) is 5.26 Å². The SMILES string of the molecule is CC(CC(=O)Nc1cccc(C#N)c1)=NNC(=O)c1cccnc1. The Morgan fingerprint density at radius 2 is 2.12 bits per heavy atom. The molecule has 24 heavy (non-hydrogen) atoms. The number of pyridine rings is 1. The van der Waals surface area contributed by atoms with E-state index in [-0.39, 0.29) is 12.3 Å². The summed E-state index contributed by atoms with van der Waals surface area (Å²) in [5.41, 5.74) is 4.19. The summed E-state index contributed by atoms with van der Waals surface area (Å²) in [5.74, 6) is -0.688. The van der Waals surface area contributed by atoms with E-state index in [9.17, 15) is 9.59 Å². The van der Waals surface area contributed by atoms with E-state index < -0.39 is 5.91 Å². The highest BCUT2D eigenvalue weighted by molar-refractivity contribution is 6.06. The molecule has 2 aromatic rings. The van der Waals surface area contributed by atoms with Crippen molar-refractivity contribution < 1.29 is 9.59 Å². The Bertz CT molecular complexity index is 809. The highest BCUT2D eigenvalue weighted by atomic mass is 16.2. The molecule has 0 fully saturated rings. The van der Waals surface area contributed by atoms with E-state index >= 15 is 0 Å². The molecule has 0 aliphatic carbocycles. The number of carbonyl (C=O) groups excluding carboxylic acids is 2. The molecule has 1 aromatic carbocycles. The van der Waals surface area contributed by atoms with Gasteiger partial charge in [-0.05, 0) is 37.3 Å². The number of anilines is 1. The Kier molecular flexibility index (Phi) is 5.75. The summed E-state index contributed by atoms with van der Waals surface area (Å²) in [6.45, 7) is 1.63. The van der Waals surface area contributed by atoms with Crippen molar-refractivity contribution in [3.05, 3.63) is 59.9 Å². The number of hydrogen-bond acceptors (Lipinski definition) is 5. The molecule has 7 heteroatoms. The van der Waals surface area contributed by atoms with E-state index in [1.807, 2.05) is 6.07 Å². The van der Waals surface area contributed by atoms with E-state index in [2.05, 4.69) is 20.8 Å². The zero-order valence-corrected chi connectivity index (χ0v) is 13.0. The monoisotopic (exact) mass is 321 g/mol. The predicted octanol–water partition coefficient (Wildman–Crippen LogP) is 2.09. The van der Waals surface area contributed by atoms with Crippen molar-refractivity contribution in [2.45, 2.75) is 13.3 Å². The van der Waals surface area contributed by atoms with Gasteiger partial charge in [-0.15, -0.1) is 0 Å². The van der Waals surface area contributed by atoms with Gasteiger partial charge < -0.3 is 5.32 Å². The zero-order valence-electron chi connectivity index (χ0n) is 13.0. The second-order valence-corrected chi connectivity index (χ2v) is 4.95. The molecule has 0 bridgehead atoms.